The number of rotatable bonds is 2. The first-order valence-electron chi connectivity index (χ1n) is 10.5. The van der Waals surface area contributed by atoms with Crippen molar-refractivity contribution in [3.63, 3.8) is 0 Å². The van der Waals surface area contributed by atoms with Gasteiger partial charge in [-0.25, -0.2) is 0 Å². The molecule has 1 spiro atoms. The number of para-hydroxylation sites is 1. The second-order valence-corrected chi connectivity index (χ2v) is 8.19. The molecular formula is C24H25N3O3. The quantitative estimate of drug-likeness (QED) is 0.808. The summed E-state index contributed by atoms with van der Waals surface area (Å²) < 4.78 is 6.35. The molecule has 0 radical (unpaired) electrons. The molecule has 6 heteroatoms. The average molecular weight is 403 g/mol. The first-order chi connectivity index (χ1) is 14.5. The number of nitrogens with zero attached hydrogens (tertiary/aromatic N) is 1. The van der Waals surface area contributed by atoms with Crippen molar-refractivity contribution in [3.8, 4) is 5.75 Å². The maximum atomic E-state index is 13.3. The van der Waals surface area contributed by atoms with Crippen LogP contribution in [0.25, 0.3) is 5.57 Å². The first kappa shape index (κ1) is 18.9. The van der Waals surface area contributed by atoms with E-state index >= 15 is 0 Å². The summed E-state index contributed by atoms with van der Waals surface area (Å²) in [4.78, 5) is 27.0. The minimum absolute atomic E-state index is 0.0196. The molecule has 1 saturated heterocycles. The predicted octanol–water partition coefficient (Wildman–Crippen LogP) is 3.13. The molecule has 0 unspecified atom stereocenters. The van der Waals surface area contributed by atoms with Crippen molar-refractivity contribution in [1.29, 1.82) is 0 Å². The van der Waals surface area contributed by atoms with E-state index in [9.17, 15) is 9.59 Å². The Bertz CT molecular complexity index is 1050. The van der Waals surface area contributed by atoms with E-state index in [0.717, 1.165) is 54.9 Å². The van der Waals surface area contributed by atoms with Gasteiger partial charge >= 0.3 is 0 Å². The van der Waals surface area contributed by atoms with Gasteiger partial charge in [0.1, 0.15) is 11.4 Å². The van der Waals surface area contributed by atoms with Crippen molar-refractivity contribution in [2.45, 2.75) is 31.8 Å². The molecule has 154 valence electrons. The third kappa shape index (κ3) is 3.27. The van der Waals surface area contributed by atoms with E-state index in [-0.39, 0.29) is 11.8 Å². The fourth-order valence-electron chi connectivity index (χ4n) is 4.63. The SMILES string of the molecule is CC(=O)N1CCc2ccc(NC(=O)C3=CC4(CCNCC4)Oc4ccccc43)cc21. The van der Waals surface area contributed by atoms with Gasteiger partial charge in [-0.05, 0) is 49.3 Å². The third-order valence-corrected chi connectivity index (χ3v) is 6.21. The highest BCUT2D eigenvalue weighted by Gasteiger charge is 2.38. The highest BCUT2D eigenvalue weighted by Crippen LogP contribution is 2.40. The number of nitrogens with one attached hydrogen (secondary N) is 2. The molecule has 2 N–H and O–H groups in total. The number of piperidine rings is 1. The van der Waals surface area contributed by atoms with Gasteiger partial charge in [0.15, 0.2) is 0 Å². The van der Waals surface area contributed by atoms with Crippen LogP contribution in [0.3, 0.4) is 0 Å². The molecule has 6 nitrogen and oxygen atoms in total. The van der Waals surface area contributed by atoms with Crippen molar-refractivity contribution in [2.75, 3.05) is 29.9 Å². The molecule has 2 amide bonds. The lowest BCUT2D eigenvalue weighted by molar-refractivity contribution is -0.116. The van der Waals surface area contributed by atoms with Crippen LogP contribution in [-0.4, -0.2) is 37.0 Å². The molecule has 3 aliphatic rings. The number of ether oxygens (including phenoxy) is 1. The van der Waals surface area contributed by atoms with Gasteiger partial charge in [0.2, 0.25) is 5.91 Å². The van der Waals surface area contributed by atoms with Gasteiger partial charge in [-0.1, -0.05) is 24.3 Å². The van der Waals surface area contributed by atoms with Gasteiger partial charge < -0.3 is 20.3 Å². The Kier molecular flexibility index (Phi) is 4.59. The van der Waals surface area contributed by atoms with Crippen LogP contribution in [0.4, 0.5) is 11.4 Å². The molecule has 0 aliphatic carbocycles. The van der Waals surface area contributed by atoms with E-state index in [0.29, 0.717) is 17.8 Å². The van der Waals surface area contributed by atoms with Gasteiger partial charge in [-0.15, -0.1) is 0 Å². The molecule has 0 aromatic heterocycles. The summed E-state index contributed by atoms with van der Waals surface area (Å²) in [5.74, 6) is 0.617. The number of benzene rings is 2. The van der Waals surface area contributed by atoms with Crippen molar-refractivity contribution < 1.29 is 14.3 Å². The number of carbonyl (C=O) groups is 2. The minimum Gasteiger partial charge on any atom is -0.482 e. The van der Waals surface area contributed by atoms with Crippen LogP contribution < -0.4 is 20.3 Å². The molecule has 3 heterocycles. The smallest absolute Gasteiger partial charge is 0.256 e. The fourth-order valence-corrected chi connectivity index (χ4v) is 4.63. The predicted molar refractivity (Wildman–Crippen MR) is 117 cm³/mol. The summed E-state index contributed by atoms with van der Waals surface area (Å²) in [6.45, 7) is 3.98. The van der Waals surface area contributed by atoms with E-state index in [2.05, 4.69) is 10.6 Å². The molecule has 3 aliphatic heterocycles. The first-order valence-corrected chi connectivity index (χ1v) is 10.5. The Balaban J connectivity index is 1.47. The van der Waals surface area contributed by atoms with Crippen LogP contribution in [-0.2, 0) is 16.0 Å². The van der Waals surface area contributed by atoms with Gasteiger partial charge in [0.05, 0.1) is 5.57 Å². The number of fused-ring (bicyclic) bond motifs is 2. The van der Waals surface area contributed by atoms with E-state index in [1.54, 1.807) is 11.8 Å². The second kappa shape index (κ2) is 7.29. The second-order valence-electron chi connectivity index (χ2n) is 8.19. The molecule has 5 rings (SSSR count). The zero-order valence-corrected chi connectivity index (χ0v) is 17.0. The number of anilines is 2. The lowest BCUT2D eigenvalue weighted by Crippen LogP contribution is -2.46. The molecular weight excluding hydrogens is 378 g/mol. The fraction of sp³-hybridized carbons (Fsp3) is 0.333. The summed E-state index contributed by atoms with van der Waals surface area (Å²) in [6, 6.07) is 13.5. The lowest BCUT2D eigenvalue weighted by Gasteiger charge is -2.39. The molecule has 1 fully saturated rings. The number of carbonyl (C=O) groups excluding carboxylic acids is 2. The van der Waals surface area contributed by atoms with Crippen LogP contribution >= 0.6 is 0 Å². The summed E-state index contributed by atoms with van der Waals surface area (Å²) in [5, 5.41) is 6.41. The summed E-state index contributed by atoms with van der Waals surface area (Å²) in [5.41, 5.74) is 3.71. The molecule has 0 atom stereocenters. The Morgan fingerprint density at radius 3 is 2.73 bits per heavy atom. The highest BCUT2D eigenvalue weighted by molar-refractivity contribution is 6.26. The van der Waals surface area contributed by atoms with E-state index in [1.165, 1.54) is 0 Å². The maximum absolute atomic E-state index is 13.3. The van der Waals surface area contributed by atoms with Crippen molar-refractivity contribution in [2.24, 2.45) is 0 Å². The monoisotopic (exact) mass is 403 g/mol. The van der Waals surface area contributed by atoms with E-state index in [4.69, 9.17) is 4.74 Å². The standard InChI is InChI=1S/C24H25N3O3/c1-16(28)27-13-8-17-6-7-18(14-21(17)27)26-23(29)20-15-24(9-11-25-12-10-24)30-22-5-3-2-4-19(20)22/h2-7,14-15,25H,8-13H2,1H3,(H,26,29). The zero-order chi connectivity index (χ0) is 20.7. The van der Waals surface area contributed by atoms with Crippen LogP contribution in [0.1, 0.15) is 30.9 Å². The molecule has 0 saturated carbocycles. The zero-order valence-electron chi connectivity index (χ0n) is 17.0. The van der Waals surface area contributed by atoms with Crippen LogP contribution in [0.5, 0.6) is 5.75 Å². The Morgan fingerprint density at radius 1 is 1.13 bits per heavy atom. The van der Waals surface area contributed by atoms with E-state index < -0.39 is 5.60 Å². The topological polar surface area (TPSA) is 70.7 Å². The normalized spacial score (nSPS) is 18.8. The van der Waals surface area contributed by atoms with Crippen LogP contribution in [0.15, 0.2) is 48.5 Å². The van der Waals surface area contributed by atoms with E-state index in [1.807, 2.05) is 48.5 Å². The number of amides is 2. The van der Waals surface area contributed by atoms with Gasteiger partial charge in [0.25, 0.3) is 5.91 Å². The summed E-state index contributed by atoms with van der Waals surface area (Å²) in [6.07, 6.45) is 4.49. The van der Waals surface area contributed by atoms with Gasteiger partial charge in [-0.2, -0.15) is 0 Å². The number of hydrogen-bond donors (Lipinski definition) is 2. The molecule has 2 aromatic rings. The van der Waals surface area contributed by atoms with Gasteiger partial charge in [0, 0.05) is 43.2 Å². The highest BCUT2D eigenvalue weighted by atomic mass is 16.5. The Morgan fingerprint density at radius 2 is 1.93 bits per heavy atom. The van der Waals surface area contributed by atoms with Crippen LogP contribution in [0, 0.1) is 0 Å². The molecule has 2 aromatic carbocycles. The van der Waals surface area contributed by atoms with Crippen LogP contribution in [0.2, 0.25) is 0 Å². The largest absolute Gasteiger partial charge is 0.482 e. The minimum atomic E-state index is -0.449. The summed E-state index contributed by atoms with van der Waals surface area (Å²) >= 11 is 0. The van der Waals surface area contributed by atoms with Crippen molar-refractivity contribution >= 4 is 28.8 Å². The molecule has 0 bridgehead atoms. The third-order valence-electron chi connectivity index (χ3n) is 6.21. The average Bonchev–Trinajstić information content (AvgIpc) is 3.17. The Labute approximate surface area is 175 Å². The molecule has 30 heavy (non-hydrogen) atoms. The number of hydrogen-bond acceptors (Lipinski definition) is 4. The lowest BCUT2D eigenvalue weighted by atomic mass is 9.85. The Hall–Kier alpha value is -3.12. The summed E-state index contributed by atoms with van der Waals surface area (Å²) in [7, 11) is 0. The maximum Gasteiger partial charge on any atom is 0.256 e. The van der Waals surface area contributed by atoms with Gasteiger partial charge in [-0.3, -0.25) is 9.59 Å². The van der Waals surface area contributed by atoms with Crippen molar-refractivity contribution in [3.05, 3.63) is 59.7 Å². The van der Waals surface area contributed by atoms with Crippen molar-refractivity contribution in [1.82, 2.24) is 5.32 Å².